The predicted octanol–water partition coefficient (Wildman–Crippen LogP) is 3.90. The third-order valence-electron chi connectivity index (χ3n) is 4.81. The summed E-state index contributed by atoms with van der Waals surface area (Å²) in [5, 5.41) is 10.1. The Hall–Kier alpha value is -1.59. The first kappa shape index (κ1) is 20.7. The summed E-state index contributed by atoms with van der Waals surface area (Å²) in [5.74, 6) is -1.44. The molecule has 0 saturated carbocycles. The Kier molecular flexibility index (Phi) is 7.07. The number of carbonyl (C=O) groups excluding carboxylic acids is 2. The van der Waals surface area contributed by atoms with Gasteiger partial charge < -0.3 is 5.11 Å². The summed E-state index contributed by atoms with van der Waals surface area (Å²) < 4.78 is 0. The van der Waals surface area contributed by atoms with Crippen LogP contribution in [-0.2, 0) is 9.59 Å². The highest BCUT2D eigenvalue weighted by Gasteiger charge is 2.37. The van der Waals surface area contributed by atoms with E-state index in [9.17, 15) is 14.7 Å². The molecule has 5 heteroatoms. The van der Waals surface area contributed by atoms with Crippen molar-refractivity contribution in [3.63, 3.8) is 0 Å². The Labute approximate surface area is 161 Å². The zero-order chi connectivity index (χ0) is 19.3. The molecule has 0 aliphatic carbocycles. The number of benzene rings is 1. The molecule has 1 fully saturated rings. The average molecular weight is 375 g/mol. The van der Waals surface area contributed by atoms with Crippen LogP contribution in [0.3, 0.4) is 0 Å². The zero-order valence-corrected chi connectivity index (χ0v) is 16.6. The molecule has 1 aromatic carbocycles. The van der Waals surface area contributed by atoms with E-state index in [-0.39, 0.29) is 5.05 Å². The van der Waals surface area contributed by atoms with Crippen LogP contribution in [0.1, 0.15) is 51.5 Å². The number of rotatable bonds is 7. The monoisotopic (exact) mass is 374 g/mol. The van der Waals surface area contributed by atoms with Crippen molar-refractivity contribution in [2.75, 3.05) is 13.1 Å². The Bertz CT molecular complexity index is 645. The van der Waals surface area contributed by atoms with Gasteiger partial charge in [-0.2, -0.15) is 0 Å². The number of ketones is 2. The summed E-state index contributed by atoms with van der Waals surface area (Å²) in [5.41, 5.74) is 0.116. The van der Waals surface area contributed by atoms with Gasteiger partial charge in [0, 0.05) is 11.5 Å². The fourth-order valence-corrected chi connectivity index (χ4v) is 3.65. The summed E-state index contributed by atoms with van der Waals surface area (Å²) in [6.45, 7) is 6.86. The molecule has 1 aliphatic rings. The lowest BCUT2D eigenvalue weighted by Gasteiger charge is -2.38. The number of thiocarbonyl (C=S) groups is 1. The molecule has 1 aliphatic heterocycles. The van der Waals surface area contributed by atoms with Gasteiger partial charge in [-0.25, -0.2) is 0 Å². The van der Waals surface area contributed by atoms with Crippen molar-refractivity contribution >= 4 is 28.8 Å². The number of Topliss-reactive ketones (excluding diaryl/α,β-unsaturated/α-hetero) is 2. The van der Waals surface area contributed by atoms with Crippen LogP contribution in [0.15, 0.2) is 30.3 Å². The smallest absolute Gasteiger partial charge is 0.204 e. The molecule has 26 heavy (non-hydrogen) atoms. The molecule has 141 valence electrons. The number of aliphatic hydroxyl groups excluding tert-OH is 1. The molecule has 4 nitrogen and oxygen atoms in total. The maximum atomic E-state index is 12.6. The lowest BCUT2D eigenvalue weighted by atomic mass is 9.82. The molecule has 2 rings (SSSR count). The average Bonchev–Trinajstić information content (AvgIpc) is 2.61. The quantitative estimate of drug-likeness (QED) is 0.579. The highest BCUT2D eigenvalue weighted by atomic mass is 32.1. The van der Waals surface area contributed by atoms with Crippen molar-refractivity contribution in [3.05, 3.63) is 42.3 Å². The van der Waals surface area contributed by atoms with Crippen molar-refractivity contribution in [2.45, 2.75) is 52.0 Å². The van der Waals surface area contributed by atoms with Crippen LogP contribution in [0.5, 0.6) is 0 Å². The van der Waals surface area contributed by atoms with Crippen molar-refractivity contribution in [1.29, 1.82) is 0 Å². The van der Waals surface area contributed by atoms with Gasteiger partial charge in [0.2, 0.25) is 11.6 Å². The van der Waals surface area contributed by atoms with Gasteiger partial charge in [0.15, 0.2) is 5.05 Å². The second kappa shape index (κ2) is 8.87. The minimum Gasteiger partial charge on any atom is -0.501 e. The lowest BCUT2D eigenvalue weighted by Crippen LogP contribution is -2.47. The number of aliphatic hydroxyl groups is 1. The van der Waals surface area contributed by atoms with Crippen LogP contribution >= 0.6 is 12.2 Å². The standard InChI is InChI=1S/C21H28NO3S/c1-21(2,3)19(24)17(23)14-16(22-12-8-5-9-13-22)18(20(25)26)15-10-6-4-7-11-15/h4,6-7,10-11,14,16,18H,5,8-9,12-13H2,1-3H3,(H,25,26). The summed E-state index contributed by atoms with van der Waals surface area (Å²) >= 11 is 5.15. The van der Waals surface area contributed by atoms with Gasteiger partial charge in [0.05, 0.1) is 12.3 Å². The maximum absolute atomic E-state index is 12.6. The molecular weight excluding hydrogens is 346 g/mol. The summed E-state index contributed by atoms with van der Waals surface area (Å²) in [4.78, 5) is 27.2. The molecular formula is C21H28NO3S. The Balaban J connectivity index is 2.34. The van der Waals surface area contributed by atoms with Gasteiger partial charge in [-0.1, -0.05) is 57.5 Å². The fraction of sp³-hybridized carbons (Fsp3) is 0.524. The molecule has 1 heterocycles. The molecule has 1 radical (unpaired) electrons. The van der Waals surface area contributed by atoms with Crippen LogP contribution in [0.4, 0.5) is 0 Å². The third kappa shape index (κ3) is 5.21. The highest BCUT2D eigenvalue weighted by Crippen LogP contribution is 2.30. The molecule has 0 aromatic heterocycles. The van der Waals surface area contributed by atoms with Gasteiger partial charge in [-0.3, -0.25) is 14.5 Å². The zero-order valence-electron chi connectivity index (χ0n) is 15.8. The fourth-order valence-electron chi connectivity index (χ4n) is 3.38. The summed E-state index contributed by atoms with van der Waals surface area (Å²) in [6.07, 6.45) is 4.69. The van der Waals surface area contributed by atoms with Gasteiger partial charge >= 0.3 is 0 Å². The number of carbonyl (C=O) groups is 2. The van der Waals surface area contributed by atoms with Gasteiger partial charge in [-0.05, 0) is 43.7 Å². The van der Waals surface area contributed by atoms with Crippen LogP contribution in [0.2, 0.25) is 0 Å². The van der Waals surface area contributed by atoms with E-state index in [2.05, 4.69) is 4.90 Å². The van der Waals surface area contributed by atoms with E-state index in [1.807, 2.05) is 30.3 Å². The lowest BCUT2D eigenvalue weighted by molar-refractivity contribution is -0.139. The third-order valence-corrected chi connectivity index (χ3v) is 5.06. The van der Waals surface area contributed by atoms with Gasteiger partial charge in [-0.15, -0.1) is 0 Å². The topological polar surface area (TPSA) is 57.6 Å². The molecule has 2 unspecified atom stereocenters. The van der Waals surface area contributed by atoms with Crippen molar-refractivity contribution in [1.82, 2.24) is 4.90 Å². The SMILES string of the molecule is CC(C)(C)C(=O)C(=O)[CH]C(C(C(O)=S)c1ccccc1)N1CCCCC1. The van der Waals surface area contributed by atoms with E-state index in [4.69, 9.17) is 12.2 Å². The number of hydrogen-bond donors (Lipinski definition) is 1. The minimum absolute atomic E-state index is 0.154. The number of likely N-dealkylation sites (tertiary alicyclic amines) is 1. The van der Waals surface area contributed by atoms with Crippen molar-refractivity contribution in [3.8, 4) is 0 Å². The largest absolute Gasteiger partial charge is 0.501 e. The molecule has 2 atom stereocenters. The van der Waals surface area contributed by atoms with Crippen LogP contribution < -0.4 is 0 Å². The first-order chi connectivity index (χ1) is 12.2. The Morgan fingerprint density at radius 3 is 2.19 bits per heavy atom. The second-order valence-corrected chi connectivity index (χ2v) is 8.34. The van der Waals surface area contributed by atoms with Crippen LogP contribution in [0.25, 0.3) is 0 Å². The summed E-state index contributed by atoms with van der Waals surface area (Å²) in [6, 6.07) is 9.04. The highest BCUT2D eigenvalue weighted by molar-refractivity contribution is 7.80. The number of nitrogens with zero attached hydrogens (tertiary/aromatic N) is 1. The van der Waals surface area contributed by atoms with Gasteiger partial charge in [0.25, 0.3) is 0 Å². The van der Waals surface area contributed by atoms with E-state index < -0.39 is 28.9 Å². The second-order valence-electron chi connectivity index (χ2n) is 7.92. The molecule has 0 bridgehead atoms. The normalized spacial score (nSPS) is 18.1. The maximum Gasteiger partial charge on any atom is 0.204 e. The Morgan fingerprint density at radius 1 is 1.12 bits per heavy atom. The van der Waals surface area contributed by atoms with E-state index in [0.29, 0.717) is 0 Å². The van der Waals surface area contributed by atoms with E-state index in [0.717, 1.165) is 37.9 Å². The molecule has 0 amide bonds. The van der Waals surface area contributed by atoms with Gasteiger partial charge in [0.1, 0.15) is 0 Å². The first-order valence-corrected chi connectivity index (χ1v) is 9.58. The van der Waals surface area contributed by atoms with E-state index >= 15 is 0 Å². The first-order valence-electron chi connectivity index (χ1n) is 9.17. The van der Waals surface area contributed by atoms with Crippen molar-refractivity contribution in [2.24, 2.45) is 5.41 Å². The minimum atomic E-state index is -0.734. The molecule has 0 spiro atoms. The predicted molar refractivity (Wildman–Crippen MR) is 107 cm³/mol. The number of piperidine rings is 1. The molecule has 1 aromatic rings. The molecule has 1 saturated heterocycles. The van der Waals surface area contributed by atoms with E-state index in [1.54, 1.807) is 20.8 Å². The Morgan fingerprint density at radius 2 is 1.69 bits per heavy atom. The van der Waals surface area contributed by atoms with E-state index in [1.165, 1.54) is 6.42 Å². The van der Waals surface area contributed by atoms with Crippen molar-refractivity contribution < 1.29 is 14.7 Å². The van der Waals surface area contributed by atoms with Crippen LogP contribution in [0, 0.1) is 11.8 Å². The molecule has 1 N–H and O–H groups in total. The number of hydrogen-bond acceptors (Lipinski definition) is 4. The summed E-state index contributed by atoms with van der Waals surface area (Å²) in [7, 11) is 0. The van der Waals surface area contributed by atoms with Crippen LogP contribution in [-0.4, -0.2) is 45.8 Å².